The molecule has 0 saturated heterocycles. The van der Waals surface area contributed by atoms with Crippen LogP contribution in [-0.4, -0.2) is 8.42 Å². The minimum atomic E-state index is -3.89. The third-order valence-corrected chi connectivity index (χ3v) is 9.88. The van der Waals surface area contributed by atoms with E-state index in [9.17, 15) is 17.2 Å². The predicted molar refractivity (Wildman–Crippen MR) is 163 cm³/mol. The quantitative estimate of drug-likeness (QED) is 0.188. The number of hydrogen-bond acceptors (Lipinski definition) is 2. The van der Waals surface area contributed by atoms with Gasteiger partial charge in [-0.2, -0.15) is 0 Å². The molecule has 43 heavy (non-hydrogen) atoms. The van der Waals surface area contributed by atoms with Gasteiger partial charge in [-0.25, -0.2) is 26.0 Å². The maximum absolute atomic E-state index is 15.2. The second-order valence-electron chi connectivity index (χ2n) is 11.3. The summed E-state index contributed by atoms with van der Waals surface area (Å²) < 4.78 is 83.4. The Hall–Kier alpha value is -3.97. The van der Waals surface area contributed by atoms with Crippen molar-refractivity contribution in [2.75, 3.05) is 0 Å². The van der Waals surface area contributed by atoms with Crippen molar-refractivity contribution in [1.82, 2.24) is 0 Å². The van der Waals surface area contributed by atoms with Gasteiger partial charge in [0.1, 0.15) is 23.3 Å². The number of halogens is 4. The van der Waals surface area contributed by atoms with Crippen molar-refractivity contribution in [3.05, 3.63) is 142 Å². The zero-order valence-corrected chi connectivity index (χ0v) is 24.3. The normalized spacial score (nSPS) is 15.5. The molecule has 0 bridgehead atoms. The summed E-state index contributed by atoms with van der Waals surface area (Å²) in [5.41, 5.74) is 7.23. The zero-order valence-electron chi connectivity index (χ0n) is 23.5. The average molecular weight is 603 g/mol. The molecule has 7 heteroatoms. The molecule has 0 aromatic heterocycles. The van der Waals surface area contributed by atoms with Gasteiger partial charge in [0.25, 0.3) is 0 Å². The monoisotopic (exact) mass is 602 g/mol. The second-order valence-corrected chi connectivity index (χ2v) is 13.3. The van der Waals surface area contributed by atoms with Gasteiger partial charge in [0, 0.05) is 11.1 Å². The first-order chi connectivity index (χ1) is 20.7. The lowest BCUT2D eigenvalue weighted by Gasteiger charge is -2.12. The fourth-order valence-electron chi connectivity index (χ4n) is 6.29. The molecular weight excluding hydrogens is 572 g/mol. The van der Waals surface area contributed by atoms with E-state index in [0.717, 1.165) is 71.9 Å². The van der Waals surface area contributed by atoms with Crippen LogP contribution >= 0.6 is 0 Å². The Morgan fingerprint density at radius 1 is 0.465 bits per heavy atom. The first-order valence-corrected chi connectivity index (χ1v) is 16.2. The van der Waals surface area contributed by atoms with Crippen molar-refractivity contribution >= 4 is 32.1 Å². The van der Waals surface area contributed by atoms with E-state index in [1.54, 1.807) is 36.4 Å². The molecule has 0 N–H and O–H groups in total. The number of allylic oxidation sites excluding steroid dienone is 4. The minimum Gasteiger partial charge on any atom is -0.228 e. The SMILES string of the molecule is O=S(=O)(Cc1ccc(C2=C(c3ccc(F)cc3)CCC2)cc1F)Cc1ccc(C2=C(c3ccc(F)cc3)CCC2)cc1F. The highest BCUT2D eigenvalue weighted by atomic mass is 32.2. The average Bonchev–Trinajstić information content (AvgIpc) is 3.67. The summed E-state index contributed by atoms with van der Waals surface area (Å²) >= 11 is 0. The van der Waals surface area contributed by atoms with Gasteiger partial charge in [-0.05, 0) is 119 Å². The van der Waals surface area contributed by atoms with Crippen LogP contribution in [0, 0.1) is 23.3 Å². The zero-order chi connectivity index (χ0) is 30.1. The van der Waals surface area contributed by atoms with E-state index in [1.807, 2.05) is 0 Å². The first-order valence-electron chi connectivity index (χ1n) is 14.4. The van der Waals surface area contributed by atoms with E-state index < -0.39 is 33.0 Å². The van der Waals surface area contributed by atoms with Crippen LogP contribution in [-0.2, 0) is 21.3 Å². The van der Waals surface area contributed by atoms with E-state index in [-0.39, 0.29) is 22.8 Å². The molecule has 0 saturated carbocycles. The van der Waals surface area contributed by atoms with Crippen LogP contribution in [0.4, 0.5) is 17.6 Å². The maximum atomic E-state index is 15.2. The standard InChI is InChI=1S/C36H30F4O2S/c37-29-15-11-23(12-16-29)31-3-1-5-33(31)25-7-9-27(35(39)19-25)21-43(41,42)22-28-10-8-26(20-36(28)40)34-6-2-4-32(34)24-13-17-30(38)18-14-24/h7-20H,1-6,21-22H2. The van der Waals surface area contributed by atoms with E-state index in [0.29, 0.717) is 11.1 Å². The summed E-state index contributed by atoms with van der Waals surface area (Å²) in [6.45, 7) is 0. The largest absolute Gasteiger partial charge is 0.228 e. The topological polar surface area (TPSA) is 34.1 Å². The van der Waals surface area contributed by atoms with Gasteiger partial charge < -0.3 is 0 Å². The van der Waals surface area contributed by atoms with E-state index >= 15 is 8.78 Å². The molecule has 0 radical (unpaired) electrons. The molecule has 4 aromatic carbocycles. The molecule has 2 aliphatic rings. The Kier molecular flexibility index (Phi) is 8.10. The highest BCUT2D eigenvalue weighted by Gasteiger charge is 2.23. The lowest BCUT2D eigenvalue weighted by Crippen LogP contribution is -2.10. The van der Waals surface area contributed by atoms with E-state index in [4.69, 9.17) is 0 Å². The van der Waals surface area contributed by atoms with Crippen LogP contribution in [0.2, 0.25) is 0 Å². The molecule has 0 fully saturated rings. The molecule has 220 valence electrons. The van der Waals surface area contributed by atoms with Crippen molar-refractivity contribution in [1.29, 1.82) is 0 Å². The van der Waals surface area contributed by atoms with Crippen LogP contribution in [0.3, 0.4) is 0 Å². The fourth-order valence-corrected chi connectivity index (χ4v) is 7.81. The van der Waals surface area contributed by atoms with Crippen LogP contribution < -0.4 is 0 Å². The molecule has 0 atom stereocenters. The van der Waals surface area contributed by atoms with Gasteiger partial charge in [-0.3, -0.25) is 0 Å². The summed E-state index contributed by atoms with van der Waals surface area (Å²) in [7, 11) is -3.89. The summed E-state index contributed by atoms with van der Waals surface area (Å²) in [5.74, 6) is -3.00. The molecule has 0 unspecified atom stereocenters. The summed E-state index contributed by atoms with van der Waals surface area (Å²) in [6.07, 6.45) is 4.90. The fraction of sp³-hybridized carbons (Fsp3) is 0.222. The van der Waals surface area contributed by atoms with Crippen LogP contribution in [0.25, 0.3) is 22.3 Å². The van der Waals surface area contributed by atoms with Crippen molar-refractivity contribution < 1.29 is 26.0 Å². The van der Waals surface area contributed by atoms with Crippen LogP contribution in [0.1, 0.15) is 71.9 Å². The lowest BCUT2D eigenvalue weighted by atomic mass is 9.96. The molecule has 6 rings (SSSR count). The minimum absolute atomic E-state index is 0.0303. The van der Waals surface area contributed by atoms with Gasteiger partial charge in [0.15, 0.2) is 9.84 Å². The van der Waals surface area contributed by atoms with Crippen LogP contribution in [0.5, 0.6) is 0 Å². The first kappa shape index (κ1) is 29.1. The molecule has 4 aromatic rings. The van der Waals surface area contributed by atoms with Crippen molar-refractivity contribution in [3.8, 4) is 0 Å². The molecule has 0 amide bonds. The van der Waals surface area contributed by atoms with Crippen molar-refractivity contribution in [2.45, 2.75) is 50.0 Å². The molecule has 0 heterocycles. The Balaban J connectivity index is 1.19. The van der Waals surface area contributed by atoms with Gasteiger partial charge in [-0.1, -0.05) is 48.5 Å². The van der Waals surface area contributed by atoms with Crippen molar-refractivity contribution in [3.63, 3.8) is 0 Å². The number of sulfone groups is 1. The van der Waals surface area contributed by atoms with Crippen molar-refractivity contribution in [2.24, 2.45) is 0 Å². The van der Waals surface area contributed by atoms with Gasteiger partial charge in [-0.15, -0.1) is 0 Å². The Bertz CT molecular complexity index is 1720. The summed E-state index contributed by atoms with van der Waals surface area (Å²) in [4.78, 5) is 0. The third-order valence-electron chi connectivity index (χ3n) is 8.37. The van der Waals surface area contributed by atoms with E-state index in [2.05, 4.69) is 0 Å². The number of rotatable bonds is 8. The molecular formula is C36H30F4O2S. The lowest BCUT2D eigenvalue weighted by molar-refractivity contribution is 0.580. The molecule has 2 aliphatic carbocycles. The van der Waals surface area contributed by atoms with Crippen LogP contribution in [0.15, 0.2) is 84.9 Å². The third kappa shape index (κ3) is 6.37. The maximum Gasteiger partial charge on any atom is 0.158 e. The molecule has 2 nitrogen and oxygen atoms in total. The second kappa shape index (κ2) is 12.0. The summed E-state index contributed by atoms with van der Waals surface area (Å²) in [5, 5.41) is 0. The summed E-state index contributed by atoms with van der Waals surface area (Å²) in [6, 6.07) is 21.6. The Morgan fingerprint density at radius 2 is 0.791 bits per heavy atom. The van der Waals surface area contributed by atoms with Gasteiger partial charge in [0.2, 0.25) is 0 Å². The predicted octanol–water partition coefficient (Wildman–Crippen LogP) is 9.55. The molecule has 0 aliphatic heterocycles. The van der Waals surface area contributed by atoms with Gasteiger partial charge in [0.05, 0.1) is 11.5 Å². The smallest absolute Gasteiger partial charge is 0.158 e. The molecule has 0 spiro atoms. The Morgan fingerprint density at radius 3 is 1.14 bits per heavy atom. The number of benzene rings is 4. The highest BCUT2D eigenvalue weighted by molar-refractivity contribution is 7.89. The van der Waals surface area contributed by atoms with E-state index in [1.165, 1.54) is 48.5 Å². The Labute approximate surface area is 249 Å². The highest BCUT2D eigenvalue weighted by Crippen LogP contribution is 2.41. The van der Waals surface area contributed by atoms with Gasteiger partial charge >= 0.3 is 0 Å². The number of hydrogen-bond donors (Lipinski definition) is 0.